The van der Waals surface area contributed by atoms with E-state index >= 15 is 0 Å². The lowest BCUT2D eigenvalue weighted by Crippen LogP contribution is -2.23. The number of pyridine rings is 1. The fourth-order valence-electron chi connectivity index (χ4n) is 3.56. The van der Waals surface area contributed by atoms with Gasteiger partial charge in [-0.25, -0.2) is 8.78 Å². The largest absolute Gasteiger partial charge is 0.379 e. The maximum Gasteiger partial charge on any atom is 0.230 e. The normalized spacial score (nSPS) is 17.3. The standard InChI is InChI=1S/C26H31F2N5O/c1-6-33(5)15-25-16(2)11-21(14-29-25)30-17(3)22-12-19(8-10-24(22)28)32-26(34)13-20-7-9-23(27)18(4)31-20/h7-12,14-17,30H,6,13H2,1-5H3,(H,32,34)/b25-15+/t16?,17-/m0/s1. The van der Waals surface area contributed by atoms with Gasteiger partial charge in [0.25, 0.3) is 0 Å². The number of carbonyl (C=O) groups is 1. The van der Waals surface area contributed by atoms with E-state index in [-0.39, 0.29) is 35.8 Å². The van der Waals surface area contributed by atoms with E-state index in [1.54, 1.807) is 19.2 Å². The first-order valence-corrected chi connectivity index (χ1v) is 11.3. The molecule has 2 heterocycles. The minimum atomic E-state index is -0.415. The number of benzene rings is 1. The zero-order valence-electron chi connectivity index (χ0n) is 20.2. The molecule has 0 fully saturated rings. The Kier molecular flexibility index (Phi) is 8.15. The Hall–Kier alpha value is -3.55. The summed E-state index contributed by atoms with van der Waals surface area (Å²) in [6, 6.07) is 6.87. The van der Waals surface area contributed by atoms with Gasteiger partial charge in [-0.3, -0.25) is 14.8 Å². The van der Waals surface area contributed by atoms with E-state index in [1.807, 2.05) is 20.2 Å². The van der Waals surface area contributed by atoms with Gasteiger partial charge in [0.05, 0.1) is 35.8 Å². The number of nitrogens with one attached hydrogen (secondary N) is 2. The van der Waals surface area contributed by atoms with Gasteiger partial charge in [-0.05, 0) is 51.1 Å². The van der Waals surface area contributed by atoms with Crippen molar-refractivity contribution in [3.63, 3.8) is 0 Å². The maximum atomic E-state index is 14.6. The van der Waals surface area contributed by atoms with Crippen molar-refractivity contribution in [1.82, 2.24) is 15.2 Å². The van der Waals surface area contributed by atoms with Gasteiger partial charge < -0.3 is 15.5 Å². The van der Waals surface area contributed by atoms with Crippen LogP contribution in [0.3, 0.4) is 0 Å². The molecule has 0 spiro atoms. The molecule has 6 nitrogen and oxygen atoms in total. The molecule has 0 saturated carbocycles. The highest BCUT2D eigenvalue weighted by molar-refractivity contribution is 5.92. The Morgan fingerprint density at radius 1 is 1.24 bits per heavy atom. The number of nitrogens with zero attached hydrogens (tertiary/aromatic N) is 3. The van der Waals surface area contributed by atoms with E-state index in [1.165, 1.54) is 24.3 Å². The molecule has 2 aromatic rings. The van der Waals surface area contributed by atoms with Gasteiger partial charge >= 0.3 is 0 Å². The summed E-state index contributed by atoms with van der Waals surface area (Å²) in [5.41, 5.74) is 3.37. The van der Waals surface area contributed by atoms with Crippen LogP contribution in [0.4, 0.5) is 14.5 Å². The third-order valence-electron chi connectivity index (χ3n) is 5.65. The molecule has 0 bridgehead atoms. The zero-order chi connectivity index (χ0) is 24.8. The van der Waals surface area contributed by atoms with Crippen LogP contribution in [0.15, 0.2) is 59.0 Å². The fourth-order valence-corrected chi connectivity index (χ4v) is 3.56. The summed E-state index contributed by atoms with van der Waals surface area (Å²) in [5.74, 6) is -0.987. The lowest BCUT2D eigenvalue weighted by molar-refractivity contribution is -0.115. The molecular formula is C26H31F2N5O. The Balaban J connectivity index is 1.66. The average Bonchev–Trinajstić information content (AvgIpc) is 2.79. The molecule has 0 radical (unpaired) electrons. The number of hydrogen-bond donors (Lipinski definition) is 2. The quantitative estimate of drug-likeness (QED) is 0.580. The van der Waals surface area contributed by atoms with E-state index in [2.05, 4.69) is 45.4 Å². The molecule has 0 saturated heterocycles. The van der Waals surface area contributed by atoms with Crippen LogP contribution in [0.5, 0.6) is 0 Å². The molecule has 180 valence electrons. The van der Waals surface area contributed by atoms with Gasteiger partial charge in [0.15, 0.2) is 0 Å². The van der Waals surface area contributed by atoms with Gasteiger partial charge in [-0.1, -0.05) is 13.0 Å². The third-order valence-corrected chi connectivity index (χ3v) is 5.65. The first-order valence-electron chi connectivity index (χ1n) is 11.3. The Labute approximate surface area is 199 Å². The predicted molar refractivity (Wildman–Crippen MR) is 131 cm³/mol. The van der Waals surface area contributed by atoms with Crippen LogP contribution >= 0.6 is 0 Å². The summed E-state index contributed by atoms with van der Waals surface area (Å²) in [7, 11) is 2.00. The molecule has 1 aliphatic rings. The van der Waals surface area contributed by atoms with Gasteiger partial charge in [-0.15, -0.1) is 0 Å². The first kappa shape index (κ1) is 25.1. The molecule has 34 heavy (non-hydrogen) atoms. The second-order valence-electron chi connectivity index (χ2n) is 8.49. The highest BCUT2D eigenvalue weighted by atomic mass is 19.1. The van der Waals surface area contributed by atoms with Crippen molar-refractivity contribution in [3.8, 4) is 0 Å². The van der Waals surface area contributed by atoms with Crippen LogP contribution < -0.4 is 10.6 Å². The molecule has 1 aromatic heterocycles. The smallest absolute Gasteiger partial charge is 0.230 e. The summed E-state index contributed by atoms with van der Waals surface area (Å²) in [6.07, 6.45) is 5.81. The van der Waals surface area contributed by atoms with E-state index < -0.39 is 5.82 Å². The number of dihydropyridines is 1. The zero-order valence-corrected chi connectivity index (χ0v) is 20.2. The van der Waals surface area contributed by atoms with E-state index in [0.29, 0.717) is 16.9 Å². The van der Waals surface area contributed by atoms with Crippen LogP contribution in [0.25, 0.3) is 0 Å². The predicted octanol–water partition coefficient (Wildman–Crippen LogP) is 4.90. The molecule has 0 aliphatic carbocycles. The lowest BCUT2D eigenvalue weighted by Gasteiger charge is -2.22. The summed E-state index contributed by atoms with van der Waals surface area (Å²) in [6.45, 7) is 8.43. The summed E-state index contributed by atoms with van der Waals surface area (Å²) in [4.78, 5) is 23.1. The molecule has 8 heteroatoms. The minimum absolute atomic E-state index is 0.00799. The minimum Gasteiger partial charge on any atom is -0.379 e. The average molecular weight is 468 g/mol. The van der Waals surface area contributed by atoms with Crippen LogP contribution in [-0.2, 0) is 11.2 Å². The van der Waals surface area contributed by atoms with Crippen molar-refractivity contribution >= 4 is 17.8 Å². The van der Waals surface area contributed by atoms with E-state index in [4.69, 9.17) is 0 Å². The number of aryl methyl sites for hydroxylation is 1. The summed E-state index contributed by atoms with van der Waals surface area (Å²) >= 11 is 0. The molecule has 2 atom stereocenters. The van der Waals surface area contributed by atoms with Crippen molar-refractivity contribution in [1.29, 1.82) is 0 Å². The molecule has 1 aromatic carbocycles. The van der Waals surface area contributed by atoms with Crippen molar-refractivity contribution in [2.24, 2.45) is 10.9 Å². The van der Waals surface area contributed by atoms with Crippen molar-refractivity contribution in [2.75, 3.05) is 18.9 Å². The Morgan fingerprint density at radius 3 is 2.65 bits per heavy atom. The van der Waals surface area contributed by atoms with Gasteiger partial charge in [-0.2, -0.15) is 0 Å². The number of aliphatic imine (C=N–C) groups is 1. The second kappa shape index (κ2) is 11.0. The van der Waals surface area contributed by atoms with Crippen LogP contribution in [0.1, 0.15) is 43.8 Å². The van der Waals surface area contributed by atoms with Crippen molar-refractivity contribution in [3.05, 3.63) is 82.6 Å². The number of amides is 1. The molecule has 1 unspecified atom stereocenters. The monoisotopic (exact) mass is 467 g/mol. The van der Waals surface area contributed by atoms with Gasteiger partial charge in [0, 0.05) is 42.7 Å². The van der Waals surface area contributed by atoms with Gasteiger partial charge in [0.2, 0.25) is 5.91 Å². The number of hydrogen-bond acceptors (Lipinski definition) is 5. The fraction of sp³-hybridized carbons (Fsp3) is 0.346. The Morgan fingerprint density at radius 2 is 1.97 bits per heavy atom. The molecular weight excluding hydrogens is 436 g/mol. The second-order valence-corrected chi connectivity index (χ2v) is 8.49. The first-order chi connectivity index (χ1) is 16.2. The van der Waals surface area contributed by atoms with Crippen LogP contribution in [-0.4, -0.2) is 35.6 Å². The molecule has 3 rings (SSSR count). The third kappa shape index (κ3) is 6.50. The SMILES string of the molecule is CCN(C)/C=C1/N=CC(N[C@@H](C)c2cc(NC(=O)Cc3ccc(F)c(C)n3)ccc2F)=CC1C. The number of halogens is 2. The number of aromatic nitrogens is 1. The molecule has 1 amide bonds. The number of rotatable bonds is 8. The highest BCUT2D eigenvalue weighted by Gasteiger charge is 2.17. The maximum absolute atomic E-state index is 14.6. The van der Waals surface area contributed by atoms with Crippen LogP contribution in [0, 0.1) is 24.5 Å². The lowest BCUT2D eigenvalue weighted by atomic mass is 10.0. The van der Waals surface area contributed by atoms with E-state index in [0.717, 1.165) is 17.9 Å². The number of anilines is 1. The summed E-state index contributed by atoms with van der Waals surface area (Å²) < 4.78 is 28.0. The van der Waals surface area contributed by atoms with Crippen LogP contribution in [0.2, 0.25) is 0 Å². The summed E-state index contributed by atoms with van der Waals surface area (Å²) in [5, 5.41) is 6.07. The van der Waals surface area contributed by atoms with Crippen molar-refractivity contribution < 1.29 is 13.6 Å². The highest BCUT2D eigenvalue weighted by Crippen LogP contribution is 2.25. The topological polar surface area (TPSA) is 69.6 Å². The van der Waals surface area contributed by atoms with Gasteiger partial charge in [0.1, 0.15) is 11.6 Å². The number of allylic oxidation sites excluding steroid dienone is 2. The van der Waals surface area contributed by atoms with E-state index in [9.17, 15) is 13.6 Å². The molecule has 1 aliphatic heterocycles. The number of carbonyl (C=O) groups excluding carboxylic acids is 1. The molecule has 2 N–H and O–H groups in total. The Bertz CT molecular complexity index is 1140. The van der Waals surface area contributed by atoms with Crippen molar-refractivity contribution in [2.45, 2.75) is 40.2 Å².